The summed E-state index contributed by atoms with van der Waals surface area (Å²) in [7, 11) is 1.90. The molecule has 0 unspecified atom stereocenters. The summed E-state index contributed by atoms with van der Waals surface area (Å²) >= 11 is 1.55. The Morgan fingerprint density at radius 2 is 2.10 bits per heavy atom. The number of hydrogen-bond acceptors (Lipinski definition) is 3. The van der Waals surface area contributed by atoms with Crippen LogP contribution in [0.4, 0.5) is 0 Å². The van der Waals surface area contributed by atoms with Crippen LogP contribution in [0.15, 0.2) is 18.2 Å². The van der Waals surface area contributed by atoms with Crippen molar-refractivity contribution in [3.63, 3.8) is 0 Å². The van der Waals surface area contributed by atoms with Gasteiger partial charge in [0.1, 0.15) is 0 Å². The fraction of sp³-hybridized carbons (Fsp3) is 0.467. The molecule has 0 aromatic carbocycles. The largest absolute Gasteiger partial charge is 0.346 e. The van der Waals surface area contributed by atoms with Crippen molar-refractivity contribution in [2.75, 3.05) is 0 Å². The first-order valence-electron chi connectivity index (χ1n) is 6.65. The van der Waals surface area contributed by atoms with Gasteiger partial charge in [-0.15, -0.1) is 11.3 Å². The number of amides is 1. The first-order valence-corrected chi connectivity index (χ1v) is 7.47. The van der Waals surface area contributed by atoms with Crippen LogP contribution in [0.25, 0.3) is 0 Å². The van der Waals surface area contributed by atoms with Crippen LogP contribution in [-0.4, -0.2) is 15.7 Å². The molecule has 20 heavy (non-hydrogen) atoms. The predicted molar refractivity (Wildman–Crippen MR) is 82.1 cm³/mol. The lowest BCUT2D eigenvalue weighted by Gasteiger charge is -2.15. The van der Waals surface area contributed by atoms with Gasteiger partial charge < -0.3 is 5.32 Å². The van der Waals surface area contributed by atoms with Crippen LogP contribution in [0.1, 0.15) is 46.7 Å². The van der Waals surface area contributed by atoms with Gasteiger partial charge in [0.25, 0.3) is 5.91 Å². The topological polar surface area (TPSA) is 46.9 Å². The van der Waals surface area contributed by atoms with Crippen molar-refractivity contribution >= 4 is 17.2 Å². The van der Waals surface area contributed by atoms with Crippen LogP contribution in [0, 0.1) is 6.92 Å². The summed E-state index contributed by atoms with van der Waals surface area (Å²) in [5.74, 6) is -0.0335. The van der Waals surface area contributed by atoms with Gasteiger partial charge >= 0.3 is 0 Å². The number of aryl methyl sites for hydroxylation is 2. The van der Waals surface area contributed by atoms with E-state index in [1.165, 1.54) is 4.88 Å². The fourth-order valence-corrected chi connectivity index (χ4v) is 2.82. The Bertz CT molecular complexity index is 600. The van der Waals surface area contributed by atoms with Crippen LogP contribution in [-0.2, 0) is 19.0 Å². The molecule has 0 bridgehead atoms. The first kappa shape index (κ1) is 14.8. The SMILES string of the molecule is Cc1cc(CNC(=O)c2ccc(C(C)(C)C)s2)nn1C. The summed E-state index contributed by atoms with van der Waals surface area (Å²) in [6.45, 7) is 8.90. The van der Waals surface area contributed by atoms with E-state index in [0.717, 1.165) is 16.3 Å². The molecule has 2 aromatic rings. The third-order valence-electron chi connectivity index (χ3n) is 3.16. The Balaban J connectivity index is 2.00. The number of aromatic nitrogens is 2. The highest BCUT2D eigenvalue weighted by Crippen LogP contribution is 2.29. The van der Waals surface area contributed by atoms with Crippen LogP contribution in [0.3, 0.4) is 0 Å². The fourth-order valence-electron chi connectivity index (χ4n) is 1.84. The summed E-state index contributed by atoms with van der Waals surface area (Å²) in [6.07, 6.45) is 0. The lowest BCUT2D eigenvalue weighted by Crippen LogP contribution is -2.22. The molecule has 0 fully saturated rings. The standard InChI is InChI=1S/C15H21N3OS/c1-10-8-11(17-18(10)5)9-16-14(19)12-6-7-13(20-12)15(2,3)4/h6-8H,9H2,1-5H3,(H,16,19). The number of carbonyl (C=O) groups is 1. The van der Waals surface area contributed by atoms with Gasteiger partial charge in [-0.3, -0.25) is 9.48 Å². The zero-order valence-electron chi connectivity index (χ0n) is 12.7. The highest BCUT2D eigenvalue weighted by molar-refractivity contribution is 7.14. The second kappa shape index (κ2) is 5.40. The molecule has 0 saturated carbocycles. The summed E-state index contributed by atoms with van der Waals surface area (Å²) in [4.78, 5) is 14.1. The van der Waals surface area contributed by atoms with Crippen molar-refractivity contribution in [3.05, 3.63) is 39.3 Å². The molecule has 2 aromatic heterocycles. The van der Waals surface area contributed by atoms with Crippen molar-refractivity contribution in [3.8, 4) is 0 Å². The lowest BCUT2D eigenvalue weighted by atomic mass is 9.95. The summed E-state index contributed by atoms with van der Waals surface area (Å²) in [5.41, 5.74) is 2.05. The van der Waals surface area contributed by atoms with Crippen molar-refractivity contribution in [2.24, 2.45) is 7.05 Å². The molecule has 0 spiro atoms. The smallest absolute Gasteiger partial charge is 0.261 e. The van der Waals surface area contributed by atoms with Crippen LogP contribution < -0.4 is 5.32 Å². The highest BCUT2D eigenvalue weighted by atomic mass is 32.1. The second-order valence-electron chi connectivity index (χ2n) is 6.00. The quantitative estimate of drug-likeness (QED) is 0.945. The van der Waals surface area contributed by atoms with Crippen molar-refractivity contribution in [2.45, 2.75) is 39.7 Å². The molecule has 4 nitrogen and oxygen atoms in total. The molecular formula is C15H21N3OS. The molecule has 0 aliphatic rings. The monoisotopic (exact) mass is 291 g/mol. The molecule has 0 saturated heterocycles. The average molecular weight is 291 g/mol. The van der Waals surface area contributed by atoms with E-state index in [9.17, 15) is 4.79 Å². The Morgan fingerprint density at radius 3 is 2.60 bits per heavy atom. The van der Waals surface area contributed by atoms with Gasteiger partial charge in [0.05, 0.1) is 17.1 Å². The maximum Gasteiger partial charge on any atom is 0.261 e. The molecule has 5 heteroatoms. The molecule has 2 rings (SSSR count). The van der Waals surface area contributed by atoms with Gasteiger partial charge in [-0.25, -0.2) is 0 Å². The number of rotatable bonds is 3. The number of hydrogen-bond donors (Lipinski definition) is 1. The first-order chi connectivity index (χ1) is 9.27. The van der Waals surface area contributed by atoms with Gasteiger partial charge in [0.15, 0.2) is 0 Å². The molecule has 0 radical (unpaired) electrons. The highest BCUT2D eigenvalue weighted by Gasteiger charge is 2.18. The Labute approximate surface area is 123 Å². The van der Waals surface area contributed by atoms with E-state index in [1.54, 1.807) is 11.3 Å². The summed E-state index contributed by atoms with van der Waals surface area (Å²) < 4.78 is 1.81. The van der Waals surface area contributed by atoms with E-state index in [0.29, 0.717) is 6.54 Å². The number of nitrogens with zero attached hydrogens (tertiary/aromatic N) is 2. The van der Waals surface area contributed by atoms with E-state index in [4.69, 9.17) is 0 Å². The normalized spacial score (nSPS) is 11.7. The lowest BCUT2D eigenvalue weighted by molar-refractivity contribution is 0.0954. The van der Waals surface area contributed by atoms with E-state index in [-0.39, 0.29) is 11.3 Å². The van der Waals surface area contributed by atoms with E-state index in [1.807, 2.05) is 36.9 Å². The van der Waals surface area contributed by atoms with E-state index < -0.39 is 0 Å². The summed E-state index contributed by atoms with van der Waals surface area (Å²) in [6, 6.07) is 5.91. The maximum atomic E-state index is 12.1. The second-order valence-corrected chi connectivity index (χ2v) is 7.08. The maximum absolute atomic E-state index is 12.1. The third kappa shape index (κ3) is 3.28. The van der Waals surface area contributed by atoms with Gasteiger partial charge in [-0.2, -0.15) is 5.10 Å². The third-order valence-corrected chi connectivity index (χ3v) is 4.67. The number of thiophene rings is 1. The zero-order chi connectivity index (χ0) is 14.9. The molecule has 1 N–H and O–H groups in total. The van der Waals surface area contributed by atoms with Crippen LogP contribution in [0.2, 0.25) is 0 Å². The molecule has 2 heterocycles. The minimum Gasteiger partial charge on any atom is -0.346 e. The molecule has 0 atom stereocenters. The van der Waals surface area contributed by atoms with E-state index in [2.05, 4.69) is 31.2 Å². The van der Waals surface area contributed by atoms with Crippen molar-refractivity contribution in [1.82, 2.24) is 15.1 Å². The Morgan fingerprint density at radius 1 is 1.40 bits per heavy atom. The molecule has 1 amide bonds. The Hall–Kier alpha value is -1.62. The van der Waals surface area contributed by atoms with Crippen LogP contribution in [0.5, 0.6) is 0 Å². The summed E-state index contributed by atoms with van der Waals surface area (Å²) in [5, 5.41) is 7.24. The van der Waals surface area contributed by atoms with Gasteiger partial charge in [0, 0.05) is 17.6 Å². The molecule has 0 aliphatic heterocycles. The van der Waals surface area contributed by atoms with Gasteiger partial charge in [0.2, 0.25) is 0 Å². The number of carbonyl (C=O) groups excluding carboxylic acids is 1. The van der Waals surface area contributed by atoms with Crippen LogP contribution >= 0.6 is 11.3 Å². The van der Waals surface area contributed by atoms with Crippen molar-refractivity contribution in [1.29, 1.82) is 0 Å². The Kier molecular flexibility index (Phi) is 3.99. The van der Waals surface area contributed by atoms with Crippen molar-refractivity contribution < 1.29 is 4.79 Å². The predicted octanol–water partition coefficient (Wildman–Crippen LogP) is 3.02. The minimum absolute atomic E-state index is 0.0335. The van der Waals surface area contributed by atoms with Gasteiger partial charge in [-0.05, 0) is 30.5 Å². The number of nitrogens with one attached hydrogen (secondary N) is 1. The molecule has 0 aliphatic carbocycles. The average Bonchev–Trinajstić information content (AvgIpc) is 2.94. The molecule has 108 valence electrons. The minimum atomic E-state index is -0.0335. The van der Waals surface area contributed by atoms with Gasteiger partial charge in [-0.1, -0.05) is 20.8 Å². The van der Waals surface area contributed by atoms with E-state index >= 15 is 0 Å². The zero-order valence-corrected chi connectivity index (χ0v) is 13.5. The molecular weight excluding hydrogens is 270 g/mol.